The summed E-state index contributed by atoms with van der Waals surface area (Å²) in [6.45, 7) is 28.9. The maximum atomic E-state index is 12.8. The molecule has 29 heteroatoms. The Labute approximate surface area is 644 Å². The molecule has 0 spiro atoms. The molecule has 12 heterocycles. The largest absolute Gasteiger partial charge is 0.353 e. The third-order valence-corrected chi connectivity index (χ3v) is 24.3. The van der Waals surface area contributed by atoms with Crippen LogP contribution in [0.3, 0.4) is 0 Å². The fourth-order valence-corrected chi connectivity index (χ4v) is 17.7. The number of thiophene rings is 3. The van der Waals surface area contributed by atoms with Crippen molar-refractivity contribution in [3.05, 3.63) is 218 Å². The quantitative estimate of drug-likeness (QED) is 0.0624. The number of nitrogens with one attached hydrogen (secondary N) is 4. The number of likely N-dealkylation sites (N-methyl/N-ethyl adjacent to an activating group) is 1. The smallest absolute Gasteiger partial charge is 0.234 e. The zero-order valence-electron chi connectivity index (χ0n) is 61.2. The van der Waals surface area contributed by atoms with Gasteiger partial charge in [-0.05, 0) is 153 Å². The number of halogens is 3. The number of pyridine rings is 1. The number of piperazine rings is 2. The molecule has 3 atom stereocenters. The van der Waals surface area contributed by atoms with E-state index >= 15 is 0 Å². The van der Waals surface area contributed by atoms with Gasteiger partial charge in [0.2, 0.25) is 17.7 Å². The van der Waals surface area contributed by atoms with Crippen LogP contribution in [0.5, 0.6) is 0 Å². The van der Waals surface area contributed by atoms with E-state index in [1.165, 1.54) is 31.3 Å². The fourth-order valence-electron chi connectivity index (χ4n) is 13.7. The summed E-state index contributed by atoms with van der Waals surface area (Å²) in [5, 5.41) is 44.5. The van der Waals surface area contributed by atoms with E-state index in [1.54, 1.807) is 46.4 Å². The number of aromatic nitrogens is 10. The second-order valence-corrected chi connectivity index (χ2v) is 32.2. The van der Waals surface area contributed by atoms with E-state index < -0.39 is 0 Å². The number of benzene rings is 3. The first kappa shape index (κ1) is 75.7. The van der Waals surface area contributed by atoms with Gasteiger partial charge in [0.05, 0.1) is 23.7 Å². The molecule has 23 nitrogen and oxygen atoms in total. The van der Waals surface area contributed by atoms with Crippen LogP contribution >= 0.6 is 68.8 Å². The van der Waals surface area contributed by atoms with Gasteiger partial charge >= 0.3 is 0 Å². The zero-order chi connectivity index (χ0) is 74.4. The van der Waals surface area contributed by atoms with Gasteiger partial charge in [0.25, 0.3) is 0 Å². The van der Waals surface area contributed by atoms with Gasteiger partial charge in [0.15, 0.2) is 17.5 Å². The molecule has 2 fully saturated rings. The summed E-state index contributed by atoms with van der Waals surface area (Å²) in [5.74, 6) is 4.65. The first-order valence-corrected chi connectivity index (χ1v) is 39.4. The van der Waals surface area contributed by atoms with Crippen molar-refractivity contribution < 1.29 is 14.4 Å². The van der Waals surface area contributed by atoms with E-state index in [0.717, 1.165) is 171 Å². The Morgan fingerprint density at radius 1 is 0.481 bits per heavy atom. The van der Waals surface area contributed by atoms with Gasteiger partial charge in [0.1, 0.15) is 50.6 Å². The molecule has 2 saturated heterocycles. The molecule has 0 saturated carbocycles. The number of aliphatic imine (C=N–C) groups is 3. The van der Waals surface area contributed by atoms with Gasteiger partial charge in [0, 0.05) is 160 Å². The van der Waals surface area contributed by atoms with Crippen LogP contribution in [0.15, 0.2) is 112 Å². The topological polar surface area (TPSA) is 251 Å². The molecule has 3 aromatic carbocycles. The number of hydrogen-bond donors (Lipinski definition) is 4. The highest BCUT2D eigenvalue weighted by Gasteiger charge is 2.36. The summed E-state index contributed by atoms with van der Waals surface area (Å²) >= 11 is 23.7. The number of hydrogen-bond acceptors (Lipinski definition) is 20. The lowest BCUT2D eigenvalue weighted by atomic mass is 10.00. The molecule has 7 aromatic heterocycles. The van der Waals surface area contributed by atoms with Crippen molar-refractivity contribution in [2.45, 2.75) is 106 Å². The molecule has 10 aromatic rings. The van der Waals surface area contributed by atoms with Crippen LogP contribution in [0, 0.1) is 62.3 Å². The standard InChI is InChI=1S/C26H32ClN7OS.C26H25ClN6OS.C25H30ClN7OS/c1-16-17(2)36-26-23(16)24(19-6-8-20(27)9-7-19)30-21(25-32-31-18(3)34(25)26)15-29-22(35)5-4-12-33-13-10-28-11-14-33;1-15-16(2)35-26-23(15)24(19-7-9-20(27)10-8-19)30-21(25-32-31-17(3)33(25)26)14-29-22(34)11-6-18-5-4-12-28-13-18;1-15-16(2)35-25-22(15)23(18-5-7-19(26)8-6-18)28-20(24-30-29-17(3)33(24)25)13-27-21(34)14-32-11-9-31(4)10-12-32/h6-9,21,28H,4-5,10-15H2,1-3H3,(H,29,35);4-5,7-10,12-13,21H,6,11,14H2,1-3H3,(H,29,34);5-8,20H,9-14H2,1-4H3,(H,27,34)/t2*21-;20-/m000/s1. The number of carbonyl (C=O) groups is 3. The number of nitrogens with zero attached hydrogens (tertiary/aromatic N) is 16. The average Bonchev–Trinajstić information content (AvgIpc) is 1.61. The maximum absolute atomic E-state index is 12.8. The molecule has 0 aliphatic carbocycles. The third kappa shape index (κ3) is 16.9. The van der Waals surface area contributed by atoms with Crippen LogP contribution in [-0.4, -0.2) is 191 Å². The molecule has 4 N–H and O–H groups in total. The third-order valence-electron chi connectivity index (χ3n) is 20.0. The Kier molecular flexibility index (Phi) is 24.1. The molecule has 106 heavy (non-hydrogen) atoms. The minimum absolute atomic E-state index is 0.00614. The van der Waals surface area contributed by atoms with Crippen molar-refractivity contribution >= 4 is 104 Å². The van der Waals surface area contributed by atoms with Crippen LogP contribution in [0.2, 0.25) is 15.1 Å². The van der Waals surface area contributed by atoms with Gasteiger partial charge in [-0.1, -0.05) is 77.3 Å². The average molecular weight is 1540 g/mol. The molecule has 15 rings (SSSR count). The van der Waals surface area contributed by atoms with Gasteiger partial charge in [-0.3, -0.25) is 52.9 Å². The SMILES string of the molecule is Cc1sc2c(c1C)C(c1ccc(Cl)cc1)=N[C@@H](CNC(=O)CCCN1CCNCC1)c1nnc(C)n1-2.Cc1sc2c(c1C)C(c1ccc(Cl)cc1)=N[C@@H](CNC(=O)CCc1cccnc1)c1nnc(C)n1-2.Cc1sc2c(c1C)C(c1ccc(Cl)cc1)=N[C@@H](CNC(=O)CN1CCN(C)CC1)c1nnc(C)n1-2. The minimum Gasteiger partial charge on any atom is -0.353 e. The highest BCUT2D eigenvalue weighted by molar-refractivity contribution is 7.15. The summed E-state index contributed by atoms with van der Waals surface area (Å²) in [5.41, 5.74) is 13.5. The van der Waals surface area contributed by atoms with Crippen molar-refractivity contribution in [3.8, 4) is 15.0 Å². The van der Waals surface area contributed by atoms with Crippen molar-refractivity contribution in [2.75, 3.05) is 92.1 Å². The molecule has 0 unspecified atom stereocenters. The molecule has 552 valence electrons. The lowest BCUT2D eigenvalue weighted by Crippen LogP contribution is -2.48. The summed E-state index contributed by atoms with van der Waals surface area (Å²) in [4.78, 5) is 68.5. The van der Waals surface area contributed by atoms with Gasteiger partial charge in [-0.25, -0.2) is 0 Å². The first-order chi connectivity index (χ1) is 51.2. The number of amides is 3. The molecule has 0 bridgehead atoms. The van der Waals surface area contributed by atoms with Gasteiger partial charge < -0.3 is 31.1 Å². The lowest BCUT2D eigenvalue weighted by molar-refractivity contribution is -0.123. The molecule has 5 aliphatic rings. The second kappa shape index (κ2) is 33.7. The van der Waals surface area contributed by atoms with Gasteiger partial charge in [-0.15, -0.1) is 64.6 Å². The number of fused-ring (bicyclic) bond motifs is 9. The molecule has 3 amide bonds. The minimum atomic E-state index is -0.386. The second-order valence-electron chi connectivity index (χ2n) is 27.3. The first-order valence-electron chi connectivity index (χ1n) is 35.8. The summed E-state index contributed by atoms with van der Waals surface area (Å²) in [7, 11) is 2.11. The van der Waals surface area contributed by atoms with Crippen LogP contribution in [0.1, 0.15) is 143 Å². The predicted molar refractivity (Wildman–Crippen MR) is 424 cm³/mol. The maximum Gasteiger partial charge on any atom is 0.234 e. The van der Waals surface area contributed by atoms with Crippen molar-refractivity contribution in [1.82, 2.24) is 85.2 Å². The Morgan fingerprint density at radius 2 is 0.868 bits per heavy atom. The van der Waals surface area contributed by atoms with Crippen molar-refractivity contribution in [3.63, 3.8) is 0 Å². The molecular weight excluding hydrogens is 1460 g/mol. The highest BCUT2D eigenvalue weighted by atomic mass is 35.5. The normalized spacial score (nSPS) is 17.0. The van der Waals surface area contributed by atoms with Crippen molar-refractivity contribution in [1.29, 1.82) is 0 Å². The Balaban J connectivity index is 0.000000141. The fraction of sp³-hybridized carbons (Fsp3) is 0.390. The van der Waals surface area contributed by atoms with Crippen LogP contribution < -0.4 is 21.3 Å². The summed E-state index contributed by atoms with van der Waals surface area (Å²) < 4.78 is 6.29. The van der Waals surface area contributed by atoms with E-state index in [1.807, 2.05) is 106 Å². The van der Waals surface area contributed by atoms with E-state index in [4.69, 9.17) is 49.8 Å². The van der Waals surface area contributed by atoms with Crippen LogP contribution in [0.4, 0.5) is 0 Å². The molecule has 0 radical (unpaired) electrons. The van der Waals surface area contributed by atoms with E-state index in [2.05, 4.69) is 134 Å². The molecular formula is C77H87Cl3N20O3S3. The summed E-state index contributed by atoms with van der Waals surface area (Å²) in [6, 6.07) is 26.0. The number of aryl methyl sites for hydroxylation is 7. The Bertz CT molecular complexity index is 4930. The van der Waals surface area contributed by atoms with E-state index in [0.29, 0.717) is 60.5 Å². The Hall–Kier alpha value is -8.54. The zero-order valence-corrected chi connectivity index (χ0v) is 65.9. The highest BCUT2D eigenvalue weighted by Crippen LogP contribution is 2.42. The monoisotopic (exact) mass is 1540 g/mol. The van der Waals surface area contributed by atoms with E-state index in [-0.39, 0.29) is 35.8 Å². The van der Waals surface area contributed by atoms with Crippen LogP contribution in [0.25, 0.3) is 15.0 Å². The summed E-state index contributed by atoms with van der Waals surface area (Å²) in [6.07, 6.45) is 5.88. The lowest BCUT2D eigenvalue weighted by Gasteiger charge is -2.31. The van der Waals surface area contributed by atoms with Crippen LogP contribution in [-0.2, 0) is 20.8 Å². The number of carbonyl (C=O) groups excluding carboxylic acids is 3. The Morgan fingerprint density at radius 3 is 1.25 bits per heavy atom. The molecule has 5 aliphatic heterocycles. The number of rotatable bonds is 18. The van der Waals surface area contributed by atoms with Gasteiger partial charge in [-0.2, -0.15) is 0 Å². The van der Waals surface area contributed by atoms with Crippen molar-refractivity contribution in [2.24, 2.45) is 15.0 Å². The van der Waals surface area contributed by atoms with E-state index in [9.17, 15) is 14.4 Å². The predicted octanol–water partition coefficient (Wildman–Crippen LogP) is 11.7.